The Balaban J connectivity index is 1.73. The fraction of sp³-hybridized carbons (Fsp3) is 0.125. The van der Waals surface area contributed by atoms with Crippen LogP contribution in [0.1, 0.15) is 6.42 Å². The number of nitrogens with one attached hydrogen (secondary N) is 3. The van der Waals surface area contributed by atoms with Crippen molar-refractivity contribution in [1.82, 2.24) is 5.43 Å². The molecule has 0 bridgehead atoms. The number of hydrogen-bond donors (Lipinski definition) is 4. The van der Waals surface area contributed by atoms with E-state index in [9.17, 15) is 9.59 Å². The zero-order valence-corrected chi connectivity index (χ0v) is 12.4. The number of nitrogen functional groups attached to an aromatic ring is 1. The first-order valence-corrected chi connectivity index (χ1v) is 7.01. The first kappa shape index (κ1) is 16.2. The largest absolute Gasteiger partial charge is 0.493 e. The lowest BCUT2D eigenvalue weighted by Gasteiger charge is -2.09. The van der Waals surface area contributed by atoms with E-state index in [-0.39, 0.29) is 18.9 Å². The maximum absolute atomic E-state index is 11.8. The monoisotopic (exact) mass is 314 g/mol. The Morgan fingerprint density at radius 2 is 1.70 bits per heavy atom. The molecule has 2 amide bonds. The van der Waals surface area contributed by atoms with E-state index in [1.165, 1.54) is 0 Å². The summed E-state index contributed by atoms with van der Waals surface area (Å²) in [4.78, 5) is 22.0. The summed E-state index contributed by atoms with van der Waals surface area (Å²) in [6.45, 7) is 0.276. The Bertz CT molecular complexity index is 641. The fourth-order valence-corrected chi connectivity index (χ4v) is 1.80. The second-order valence-corrected chi connectivity index (χ2v) is 4.68. The number of benzene rings is 2. The van der Waals surface area contributed by atoms with E-state index in [0.29, 0.717) is 29.2 Å². The molecule has 0 aromatic heterocycles. The van der Waals surface area contributed by atoms with Gasteiger partial charge in [-0.1, -0.05) is 0 Å². The predicted molar refractivity (Wildman–Crippen MR) is 88.9 cm³/mol. The summed E-state index contributed by atoms with van der Waals surface area (Å²) in [6.07, 6.45) is 0.772. The second-order valence-electron chi connectivity index (χ2n) is 4.68. The van der Waals surface area contributed by atoms with Crippen molar-refractivity contribution in [3.05, 3.63) is 48.5 Å². The summed E-state index contributed by atoms with van der Waals surface area (Å²) in [7, 11) is 0. The Morgan fingerprint density at radius 3 is 2.35 bits per heavy atom. The van der Waals surface area contributed by atoms with Crippen molar-refractivity contribution in [3.63, 3.8) is 0 Å². The maximum Gasteiger partial charge on any atom is 0.227 e. The number of ether oxygens (including phenoxy) is 1. The molecule has 2 rings (SSSR count). The van der Waals surface area contributed by atoms with Gasteiger partial charge in [-0.2, -0.15) is 0 Å². The zero-order valence-electron chi connectivity index (χ0n) is 12.4. The molecule has 2 aromatic carbocycles. The SMILES string of the molecule is Nc1ccc(OCCC(=O)Nc2ccc(NNC=O)cc2)cc1. The van der Waals surface area contributed by atoms with Gasteiger partial charge >= 0.3 is 0 Å². The molecule has 0 saturated heterocycles. The van der Waals surface area contributed by atoms with Gasteiger partial charge in [-0.05, 0) is 48.5 Å². The molecular weight excluding hydrogens is 296 g/mol. The van der Waals surface area contributed by atoms with E-state index >= 15 is 0 Å². The molecule has 0 radical (unpaired) electrons. The van der Waals surface area contributed by atoms with Gasteiger partial charge < -0.3 is 15.8 Å². The highest BCUT2D eigenvalue weighted by Crippen LogP contribution is 2.14. The predicted octanol–water partition coefficient (Wildman–Crippen LogP) is 1.75. The van der Waals surface area contributed by atoms with Gasteiger partial charge in [0.15, 0.2) is 0 Å². The van der Waals surface area contributed by atoms with E-state index in [2.05, 4.69) is 16.2 Å². The summed E-state index contributed by atoms with van der Waals surface area (Å²) < 4.78 is 5.47. The van der Waals surface area contributed by atoms with Crippen LogP contribution in [-0.4, -0.2) is 18.9 Å². The topological polar surface area (TPSA) is 105 Å². The fourth-order valence-electron chi connectivity index (χ4n) is 1.80. The highest BCUT2D eigenvalue weighted by molar-refractivity contribution is 5.90. The summed E-state index contributed by atoms with van der Waals surface area (Å²) in [6, 6.07) is 13.9. The number of carbonyl (C=O) groups is 2. The van der Waals surface area contributed by atoms with Crippen LogP contribution >= 0.6 is 0 Å². The van der Waals surface area contributed by atoms with Crippen LogP contribution in [0.3, 0.4) is 0 Å². The van der Waals surface area contributed by atoms with Crippen LogP contribution in [0, 0.1) is 0 Å². The van der Waals surface area contributed by atoms with Crippen molar-refractivity contribution in [2.45, 2.75) is 6.42 Å². The average Bonchev–Trinajstić information content (AvgIpc) is 2.56. The Morgan fingerprint density at radius 1 is 1.04 bits per heavy atom. The molecule has 0 atom stereocenters. The molecule has 23 heavy (non-hydrogen) atoms. The van der Waals surface area contributed by atoms with Gasteiger partial charge in [0.25, 0.3) is 0 Å². The van der Waals surface area contributed by atoms with Crippen molar-refractivity contribution >= 4 is 29.4 Å². The Labute approximate surface area is 133 Å². The van der Waals surface area contributed by atoms with Gasteiger partial charge in [0.1, 0.15) is 5.75 Å². The standard InChI is InChI=1S/C16H18N4O3/c17-12-1-7-15(8-2-12)23-10-9-16(22)19-13-3-5-14(6-4-13)20-18-11-21/h1-8,11,20H,9-10,17H2,(H,18,21)(H,19,22). The number of nitrogens with two attached hydrogens (primary N) is 1. The maximum atomic E-state index is 11.8. The molecule has 0 unspecified atom stereocenters. The molecule has 7 heteroatoms. The van der Waals surface area contributed by atoms with Crippen molar-refractivity contribution in [2.75, 3.05) is 23.1 Å². The Hall–Kier alpha value is -3.22. The number of amides is 2. The first-order valence-electron chi connectivity index (χ1n) is 7.01. The first-order chi connectivity index (χ1) is 11.2. The number of rotatable bonds is 8. The highest BCUT2D eigenvalue weighted by Gasteiger charge is 2.03. The average molecular weight is 314 g/mol. The second kappa shape index (κ2) is 8.28. The lowest BCUT2D eigenvalue weighted by molar-refractivity contribution is -0.116. The van der Waals surface area contributed by atoms with E-state index in [0.717, 1.165) is 0 Å². The molecule has 0 spiro atoms. The third-order valence-electron chi connectivity index (χ3n) is 2.92. The number of anilines is 3. The summed E-state index contributed by atoms with van der Waals surface area (Å²) in [5.41, 5.74) is 12.6. The van der Waals surface area contributed by atoms with Gasteiger partial charge in [0.2, 0.25) is 12.3 Å². The summed E-state index contributed by atoms with van der Waals surface area (Å²) in [5.74, 6) is 0.525. The van der Waals surface area contributed by atoms with Gasteiger partial charge in [0, 0.05) is 11.4 Å². The van der Waals surface area contributed by atoms with Crippen LogP contribution in [0.25, 0.3) is 0 Å². The Kier molecular flexibility index (Phi) is 5.81. The van der Waals surface area contributed by atoms with Crippen molar-refractivity contribution in [1.29, 1.82) is 0 Å². The van der Waals surface area contributed by atoms with E-state index in [4.69, 9.17) is 10.5 Å². The molecule has 2 aromatic rings. The van der Waals surface area contributed by atoms with Crippen molar-refractivity contribution in [3.8, 4) is 5.75 Å². The lowest BCUT2D eigenvalue weighted by atomic mass is 10.2. The van der Waals surface area contributed by atoms with Crippen LogP contribution in [0.2, 0.25) is 0 Å². The molecular formula is C16H18N4O3. The zero-order chi connectivity index (χ0) is 16.5. The third kappa shape index (κ3) is 5.58. The molecule has 0 heterocycles. The van der Waals surface area contributed by atoms with Gasteiger partial charge in [-0.15, -0.1) is 0 Å². The molecule has 7 nitrogen and oxygen atoms in total. The van der Waals surface area contributed by atoms with E-state index < -0.39 is 0 Å². The summed E-state index contributed by atoms with van der Waals surface area (Å²) in [5, 5.41) is 2.76. The highest BCUT2D eigenvalue weighted by atomic mass is 16.5. The molecule has 120 valence electrons. The minimum Gasteiger partial charge on any atom is -0.493 e. The number of hydrazine groups is 1. The molecule has 0 aliphatic rings. The molecule has 0 aliphatic carbocycles. The minimum atomic E-state index is -0.146. The van der Waals surface area contributed by atoms with Gasteiger partial charge in [0.05, 0.1) is 18.7 Å². The lowest BCUT2D eigenvalue weighted by Crippen LogP contribution is -2.19. The van der Waals surface area contributed by atoms with Crippen LogP contribution in [0.15, 0.2) is 48.5 Å². The number of hydrogen-bond acceptors (Lipinski definition) is 5. The normalized spacial score (nSPS) is 9.74. The van der Waals surface area contributed by atoms with Crippen molar-refractivity contribution in [2.24, 2.45) is 0 Å². The molecule has 0 saturated carbocycles. The third-order valence-corrected chi connectivity index (χ3v) is 2.92. The molecule has 0 aliphatic heterocycles. The van der Waals surface area contributed by atoms with E-state index in [1.54, 1.807) is 48.5 Å². The van der Waals surface area contributed by atoms with Gasteiger partial charge in [-0.25, -0.2) is 0 Å². The van der Waals surface area contributed by atoms with Crippen LogP contribution < -0.4 is 26.6 Å². The van der Waals surface area contributed by atoms with E-state index in [1.807, 2.05) is 0 Å². The molecule has 5 N–H and O–H groups in total. The molecule has 0 fully saturated rings. The van der Waals surface area contributed by atoms with Gasteiger partial charge in [-0.3, -0.25) is 20.4 Å². The summed E-state index contributed by atoms with van der Waals surface area (Å²) >= 11 is 0. The smallest absolute Gasteiger partial charge is 0.227 e. The van der Waals surface area contributed by atoms with Crippen LogP contribution in [-0.2, 0) is 9.59 Å². The minimum absolute atomic E-state index is 0.146. The van der Waals surface area contributed by atoms with Crippen LogP contribution in [0.4, 0.5) is 17.1 Å². The quantitative estimate of drug-likeness (QED) is 0.337. The van der Waals surface area contributed by atoms with Crippen molar-refractivity contribution < 1.29 is 14.3 Å². The number of carbonyl (C=O) groups excluding carboxylic acids is 2. The van der Waals surface area contributed by atoms with Crippen LogP contribution in [0.5, 0.6) is 5.75 Å².